The van der Waals surface area contributed by atoms with Crippen molar-refractivity contribution < 1.29 is 45.0 Å². The Hall–Kier alpha value is -1.59. The molecule has 2 saturated carbocycles. The van der Waals surface area contributed by atoms with E-state index < -0.39 is 36.4 Å². The number of thiophene rings is 2. The second kappa shape index (κ2) is 28.3. The molecule has 0 aliphatic heterocycles. The maximum absolute atomic E-state index is 10.6. The van der Waals surface area contributed by atoms with Crippen molar-refractivity contribution in [2.75, 3.05) is 13.2 Å². The number of hydrogen-bond acceptors (Lipinski definition) is 9. The zero-order valence-corrected chi connectivity index (χ0v) is 40.3. The van der Waals surface area contributed by atoms with Crippen molar-refractivity contribution in [1.29, 1.82) is 0 Å². The summed E-state index contributed by atoms with van der Waals surface area (Å²) in [4.78, 5) is 24.7. The minimum absolute atomic E-state index is 0.00938. The van der Waals surface area contributed by atoms with Crippen molar-refractivity contribution in [3.05, 3.63) is 88.1 Å². The van der Waals surface area contributed by atoms with Crippen LogP contribution in [0.2, 0.25) is 0 Å². The fourth-order valence-electron chi connectivity index (χ4n) is 7.70. The van der Waals surface area contributed by atoms with Gasteiger partial charge in [-0.1, -0.05) is 0 Å². The molecular formula is C44H57B2Br3O9S2. The molecule has 2 heterocycles. The SMILES string of the molecule is [B]=C[C@@H]1CC(O)[C@H](C/C=C\CCCC(=O)O)[C@H]1/C=C/[C@@H](O)CCc1cc(Br)c(Br)s1.[B]=C[C@@H]1CC(O)[C@H](C/C=C\COCC(=O)O)[C@H]1/C=C/[C@@H](O)CCc1cc(Br)c(C)s1. The van der Waals surface area contributed by atoms with Gasteiger partial charge in [0.2, 0.25) is 0 Å². The number of ether oxygens (including phenoxy) is 1. The number of hydrogen-bond donors (Lipinski definition) is 6. The van der Waals surface area contributed by atoms with E-state index >= 15 is 0 Å². The Kier molecular flexibility index (Phi) is 24.8. The van der Waals surface area contributed by atoms with E-state index in [-0.39, 0.29) is 55.1 Å². The zero-order chi connectivity index (χ0) is 44.2. The molecule has 2 aromatic heterocycles. The summed E-state index contributed by atoms with van der Waals surface area (Å²) < 4.78 is 8.18. The third kappa shape index (κ3) is 18.6. The number of allylic oxidation sites excluding steroid dienone is 5. The van der Waals surface area contributed by atoms with Crippen LogP contribution in [0.25, 0.3) is 0 Å². The van der Waals surface area contributed by atoms with Crippen LogP contribution in [0.1, 0.15) is 72.4 Å². The van der Waals surface area contributed by atoms with Crippen LogP contribution in [0.5, 0.6) is 0 Å². The van der Waals surface area contributed by atoms with Crippen molar-refractivity contribution in [1.82, 2.24) is 0 Å². The van der Waals surface area contributed by atoms with Gasteiger partial charge in [0.25, 0.3) is 0 Å². The van der Waals surface area contributed by atoms with Gasteiger partial charge in [-0.05, 0) is 0 Å². The summed E-state index contributed by atoms with van der Waals surface area (Å²) in [6, 6.07) is 4.17. The Bertz CT molecular complexity index is 1610. The van der Waals surface area contributed by atoms with E-state index in [0.29, 0.717) is 44.9 Å². The van der Waals surface area contributed by atoms with E-state index in [4.69, 9.17) is 29.9 Å². The van der Waals surface area contributed by atoms with Crippen molar-refractivity contribution in [3.8, 4) is 0 Å². The molecule has 9 nitrogen and oxygen atoms in total. The van der Waals surface area contributed by atoms with Crippen molar-refractivity contribution in [2.24, 2.45) is 35.5 Å². The van der Waals surface area contributed by atoms with E-state index in [9.17, 15) is 30.0 Å². The molecule has 4 rings (SSSR count). The fourth-order valence-corrected chi connectivity index (χ4v) is 11.5. The van der Waals surface area contributed by atoms with Gasteiger partial charge in [-0.3, -0.25) is 0 Å². The number of carboxylic acid groups (broad SMARTS) is 2. The van der Waals surface area contributed by atoms with Gasteiger partial charge in [0.1, 0.15) is 0 Å². The predicted molar refractivity (Wildman–Crippen MR) is 257 cm³/mol. The average molecular weight is 1060 g/mol. The van der Waals surface area contributed by atoms with E-state index in [1.165, 1.54) is 14.6 Å². The molecule has 2 unspecified atom stereocenters. The first-order chi connectivity index (χ1) is 28.6. The Morgan fingerprint density at radius 2 is 1.32 bits per heavy atom. The van der Waals surface area contributed by atoms with Crippen LogP contribution in [0, 0.1) is 42.4 Å². The molecule has 0 spiro atoms. The van der Waals surface area contributed by atoms with Crippen molar-refractivity contribution >= 4 is 109 Å². The predicted octanol–water partition coefficient (Wildman–Crippen LogP) is 8.21. The van der Waals surface area contributed by atoms with Gasteiger partial charge in [0.05, 0.1) is 0 Å². The number of aryl methyl sites for hydroxylation is 3. The molecule has 0 amide bonds. The first-order valence-electron chi connectivity index (χ1n) is 20.3. The molecule has 60 heavy (non-hydrogen) atoms. The molecule has 0 aromatic carbocycles. The Balaban J connectivity index is 0.000000320. The van der Waals surface area contributed by atoms with Crippen LogP contribution in [0.15, 0.2) is 73.5 Å². The van der Waals surface area contributed by atoms with Gasteiger partial charge in [-0.15, -0.1) is 0 Å². The van der Waals surface area contributed by atoms with Gasteiger partial charge >= 0.3 is 393 Å². The van der Waals surface area contributed by atoms with Crippen molar-refractivity contribution in [3.63, 3.8) is 0 Å². The summed E-state index contributed by atoms with van der Waals surface area (Å²) in [5.41, 5.74) is 0. The Morgan fingerprint density at radius 3 is 1.77 bits per heavy atom. The third-order valence-corrected chi connectivity index (χ3v) is 16.4. The molecule has 326 valence electrons. The van der Waals surface area contributed by atoms with E-state index in [1.807, 2.05) is 42.5 Å². The molecule has 2 aromatic rings. The van der Waals surface area contributed by atoms with Gasteiger partial charge in [0, 0.05) is 0 Å². The topological polar surface area (TPSA) is 165 Å². The minimum atomic E-state index is -0.999. The number of aliphatic hydroxyl groups excluding tert-OH is 4. The molecular weight excluding hydrogens is 998 g/mol. The number of rotatable bonds is 24. The molecule has 6 N–H and O–H groups in total. The first kappa shape index (κ1) is 52.8. The van der Waals surface area contributed by atoms with Crippen LogP contribution in [0.4, 0.5) is 0 Å². The summed E-state index contributed by atoms with van der Waals surface area (Å²) >= 11 is 13.9. The molecule has 0 saturated heterocycles. The van der Waals surface area contributed by atoms with E-state index in [2.05, 4.69) is 66.8 Å². The fraction of sp³-hybridized carbons (Fsp3) is 0.545. The number of carbonyl (C=O) groups is 2. The summed E-state index contributed by atoms with van der Waals surface area (Å²) in [5.74, 6) is 1.80. The number of aliphatic carboxylic acids is 2. The summed E-state index contributed by atoms with van der Waals surface area (Å²) in [6.07, 6.45) is 20.3. The Labute approximate surface area is 390 Å². The number of unbranched alkanes of at least 4 members (excludes halogenated alkanes) is 1. The summed E-state index contributed by atoms with van der Waals surface area (Å²) in [7, 11) is 11.6. The number of carboxylic acids is 2. The van der Waals surface area contributed by atoms with Crippen molar-refractivity contribution in [2.45, 2.75) is 102 Å². The maximum atomic E-state index is 10.6. The monoisotopic (exact) mass is 1050 g/mol. The van der Waals surface area contributed by atoms with E-state index in [0.717, 1.165) is 32.0 Å². The zero-order valence-electron chi connectivity index (χ0n) is 33.9. The Morgan fingerprint density at radius 1 is 0.800 bits per heavy atom. The molecule has 16 heteroatoms. The molecule has 2 aliphatic carbocycles. The molecule has 2 radical (unpaired) electrons. The molecule has 2 fully saturated rings. The summed E-state index contributed by atoms with van der Waals surface area (Å²) in [5, 5.41) is 59.0. The second-order valence-corrected chi connectivity index (χ2v) is 20.8. The molecule has 2 aliphatic rings. The van der Waals surface area contributed by atoms with Gasteiger partial charge in [-0.25, -0.2) is 0 Å². The first-order valence-corrected chi connectivity index (χ1v) is 24.3. The van der Waals surface area contributed by atoms with Crippen LogP contribution in [-0.2, 0) is 27.2 Å². The van der Waals surface area contributed by atoms with Crippen LogP contribution in [0.3, 0.4) is 0 Å². The van der Waals surface area contributed by atoms with E-state index in [1.54, 1.807) is 40.7 Å². The number of halogens is 3. The summed E-state index contributed by atoms with van der Waals surface area (Å²) in [6.45, 7) is 1.96. The molecule has 0 bridgehead atoms. The molecule has 10 atom stereocenters. The van der Waals surface area contributed by atoms with Crippen LogP contribution < -0.4 is 0 Å². The normalized spacial score (nSPS) is 25.3. The number of aliphatic hydroxyl groups is 4. The van der Waals surface area contributed by atoms with Crippen LogP contribution >= 0.6 is 70.5 Å². The average Bonchev–Trinajstić information content (AvgIpc) is 3.91. The quantitative estimate of drug-likeness (QED) is 0.0346. The van der Waals surface area contributed by atoms with Crippen LogP contribution in [-0.4, -0.2) is 107 Å². The van der Waals surface area contributed by atoms with Gasteiger partial charge in [0.15, 0.2) is 0 Å². The van der Waals surface area contributed by atoms with Gasteiger partial charge < -0.3 is 0 Å². The second-order valence-electron chi connectivity index (χ2n) is 15.3. The standard InChI is InChI=1S/C22H28BBr2O4S.C22H29BBrO5S/c23-13-14-11-20(27)18(5-3-1-2-4-6-21(28)29)17(14)10-8-15(26)7-9-16-12-19(24)22(25)30-16;1-14-20(24)11-17(30-14)7-5-16(25)6-8-18-15(12-23)10-21(26)19(18)4-2-3-9-29-13-22(27)28/h1,3,8,10,12-15,17-18,20,26-27H,2,4-7,9,11H2,(H,28,29);2-3,6,8,11-12,15-16,18-19,21,25-26H,4-5,7,9-10,13H2,1H3,(H,27,28)/b3-1-,10-8+;3-2-,8-6+/t14-,15-,17-,18+,20?;15-,16-,18-,19+,21?/m00/s1. The van der Waals surface area contributed by atoms with Gasteiger partial charge in [-0.2, -0.15) is 0 Å². The third-order valence-electron chi connectivity index (χ3n) is 10.9.